The van der Waals surface area contributed by atoms with Crippen LogP contribution in [0.1, 0.15) is 23.5 Å². The maximum atomic E-state index is 13.1. The minimum Gasteiger partial charge on any atom is -0.326 e. The van der Waals surface area contributed by atoms with Gasteiger partial charge < -0.3 is 15.6 Å². The van der Waals surface area contributed by atoms with E-state index in [1.165, 1.54) is 36.0 Å². The van der Waals surface area contributed by atoms with Crippen molar-refractivity contribution in [3.63, 3.8) is 0 Å². The second-order valence-electron chi connectivity index (χ2n) is 6.81. The Balaban J connectivity index is 1.58. The molecule has 2 heterocycles. The van der Waals surface area contributed by atoms with Crippen LogP contribution in [-0.2, 0) is 15.3 Å². The van der Waals surface area contributed by atoms with E-state index < -0.39 is 29.1 Å². The largest absolute Gasteiger partial charge is 0.326 e. The molecular formula is C21H16ClFN4O3S. The van der Waals surface area contributed by atoms with Crippen LogP contribution in [0.15, 0.2) is 58.5 Å². The number of aromatic amines is 1. The average molecular weight is 459 g/mol. The molecule has 31 heavy (non-hydrogen) atoms. The van der Waals surface area contributed by atoms with Crippen LogP contribution < -0.4 is 16.2 Å². The molecule has 2 amide bonds. The summed E-state index contributed by atoms with van der Waals surface area (Å²) in [6.07, 6.45) is -0.198. The lowest BCUT2D eigenvalue weighted by molar-refractivity contribution is -0.123. The highest BCUT2D eigenvalue weighted by Crippen LogP contribution is 2.31. The molecule has 0 saturated heterocycles. The second kappa shape index (κ2) is 8.91. The molecule has 1 aromatic heterocycles. The second-order valence-corrected chi connectivity index (χ2v) is 8.19. The summed E-state index contributed by atoms with van der Waals surface area (Å²) >= 11 is 7.41. The van der Waals surface area contributed by atoms with Crippen LogP contribution in [-0.4, -0.2) is 21.8 Å². The van der Waals surface area contributed by atoms with Gasteiger partial charge in [-0.25, -0.2) is 9.37 Å². The fraction of sp³-hybridized carbons (Fsp3) is 0.143. The number of thioether (sulfide) groups is 1. The molecule has 158 valence electrons. The lowest BCUT2D eigenvalue weighted by Crippen LogP contribution is -2.36. The Morgan fingerprint density at radius 3 is 2.68 bits per heavy atom. The van der Waals surface area contributed by atoms with Crippen LogP contribution in [0.3, 0.4) is 0 Å². The van der Waals surface area contributed by atoms with Gasteiger partial charge >= 0.3 is 0 Å². The maximum absolute atomic E-state index is 13.1. The zero-order valence-electron chi connectivity index (χ0n) is 15.9. The van der Waals surface area contributed by atoms with Gasteiger partial charge in [0.15, 0.2) is 5.16 Å². The van der Waals surface area contributed by atoms with E-state index in [-0.39, 0.29) is 17.8 Å². The number of hydrogen-bond acceptors (Lipinski definition) is 5. The molecule has 2 aromatic carbocycles. The van der Waals surface area contributed by atoms with Gasteiger partial charge in [-0.15, -0.1) is 0 Å². The van der Waals surface area contributed by atoms with E-state index in [0.717, 1.165) is 5.56 Å². The number of H-pyrrole nitrogens is 1. The third-order valence-electron chi connectivity index (χ3n) is 4.68. The lowest BCUT2D eigenvalue weighted by Gasteiger charge is -2.23. The van der Waals surface area contributed by atoms with Crippen molar-refractivity contribution in [3.8, 4) is 0 Å². The van der Waals surface area contributed by atoms with Gasteiger partial charge in [0, 0.05) is 22.9 Å². The first kappa shape index (κ1) is 21.1. The molecule has 0 saturated carbocycles. The number of aromatic nitrogens is 2. The summed E-state index contributed by atoms with van der Waals surface area (Å²) in [5, 5.41) is 6.07. The van der Waals surface area contributed by atoms with Crippen molar-refractivity contribution in [1.82, 2.24) is 9.97 Å². The molecule has 0 unspecified atom stereocenters. The average Bonchev–Trinajstić information content (AvgIpc) is 2.74. The predicted molar refractivity (Wildman–Crippen MR) is 117 cm³/mol. The quantitative estimate of drug-likeness (QED) is 0.397. The molecule has 0 bridgehead atoms. The first-order chi connectivity index (χ1) is 14.9. The normalized spacial score (nSPS) is 15.2. The van der Waals surface area contributed by atoms with E-state index in [2.05, 4.69) is 20.6 Å². The zero-order valence-corrected chi connectivity index (χ0v) is 17.5. The number of benzene rings is 2. The Kier molecular flexibility index (Phi) is 6.06. The smallest absolute Gasteiger partial charge is 0.257 e. The molecule has 3 aromatic rings. The Morgan fingerprint density at radius 2 is 1.94 bits per heavy atom. The van der Waals surface area contributed by atoms with Gasteiger partial charge in [-0.1, -0.05) is 41.6 Å². The molecular weight excluding hydrogens is 443 g/mol. The van der Waals surface area contributed by atoms with E-state index in [9.17, 15) is 18.8 Å². The first-order valence-corrected chi connectivity index (χ1v) is 10.6. The number of carbonyl (C=O) groups excluding carboxylic acids is 2. The molecule has 1 aliphatic heterocycles. The highest BCUT2D eigenvalue weighted by molar-refractivity contribution is 7.98. The van der Waals surface area contributed by atoms with E-state index >= 15 is 0 Å². The summed E-state index contributed by atoms with van der Waals surface area (Å²) in [6, 6.07) is 12.5. The standard InChI is InChI=1S/C21H16ClFN4O3S/c22-15-4-2-1-3-11(15)10-31-21-26-18-17(20(30)27-21)14(9-16(28)25-18)19(29)24-13-7-5-12(23)6-8-13/h1-8,14H,9-10H2,(H,24,29)(H2,25,26,27,28,30)/t14-/m1/s1. The van der Waals surface area contributed by atoms with Crippen LogP contribution >= 0.6 is 23.4 Å². The summed E-state index contributed by atoms with van der Waals surface area (Å²) < 4.78 is 13.1. The van der Waals surface area contributed by atoms with Crippen molar-refractivity contribution in [2.24, 2.45) is 0 Å². The molecule has 3 N–H and O–H groups in total. The molecule has 0 radical (unpaired) electrons. The maximum Gasteiger partial charge on any atom is 0.257 e. The number of nitrogens with zero attached hydrogens (tertiary/aromatic N) is 1. The van der Waals surface area contributed by atoms with Crippen molar-refractivity contribution in [2.75, 3.05) is 10.6 Å². The van der Waals surface area contributed by atoms with Crippen molar-refractivity contribution < 1.29 is 14.0 Å². The number of carbonyl (C=O) groups is 2. The number of halogens is 2. The van der Waals surface area contributed by atoms with E-state index in [4.69, 9.17) is 11.6 Å². The SMILES string of the molecule is O=C1C[C@@H](C(=O)Nc2ccc(F)cc2)c2c(nc(SCc3ccccc3Cl)[nH]c2=O)N1. The van der Waals surface area contributed by atoms with Crippen molar-refractivity contribution in [3.05, 3.63) is 80.9 Å². The van der Waals surface area contributed by atoms with Crippen LogP contribution in [0.2, 0.25) is 5.02 Å². The topological polar surface area (TPSA) is 104 Å². The molecule has 0 spiro atoms. The van der Waals surface area contributed by atoms with Crippen molar-refractivity contribution in [1.29, 1.82) is 0 Å². The van der Waals surface area contributed by atoms with Gasteiger partial charge in [-0.2, -0.15) is 0 Å². The third kappa shape index (κ3) is 4.78. The number of fused-ring (bicyclic) bond motifs is 1. The van der Waals surface area contributed by atoms with Crippen LogP contribution in [0.25, 0.3) is 0 Å². The Hall–Kier alpha value is -3.17. The minimum absolute atomic E-state index is 0.0564. The fourth-order valence-corrected chi connectivity index (χ4v) is 4.31. The summed E-state index contributed by atoms with van der Waals surface area (Å²) in [6.45, 7) is 0. The van der Waals surface area contributed by atoms with E-state index in [1.807, 2.05) is 18.2 Å². The highest BCUT2D eigenvalue weighted by atomic mass is 35.5. The monoisotopic (exact) mass is 458 g/mol. The van der Waals surface area contributed by atoms with Crippen LogP contribution in [0.5, 0.6) is 0 Å². The van der Waals surface area contributed by atoms with Gasteiger partial charge in [0.25, 0.3) is 5.56 Å². The van der Waals surface area contributed by atoms with Crippen molar-refractivity contribution in [2.45, 2.75) is 23.2 Å². The minimum atomic E-state index is -1.02. The number of rotatable bonds is 5. The summed E-state index contributed by atoms with van der Waals surface area (Å²) in [5.74, 6) is -1.92. The number of amides is 2. The van der Waals surface area contributed by atoms with Crippen molar-refractivity contribution >= 4 is 46.7 Å². The van der Waals surface area contributed by atoms with Gasteiger partial charge in [0.1, 0.15) is 11.6 Å². The number of anilines is 2. The van der Waals surface area contributed by atoms with Gasteiger partial charge in [-0.05, 0) is 35.9 Å². The molecule has 0 fully saturated rings. The van der Waals surface area contributed by atoms with Gasteiger partial charge in [0.2, 0.25) is 11.8 Å². The van der Waals surface area contributed by atoms with Gasteiger partial charge in [-0.3, -0.25) is 14.4 Å². The molecule has 7 nitrogen and oxygen atoms in total. The molecule has 1 atom stereocenters. The predicted octanol–water partition coefficient (Wildman–Crippen LogP) is 3.92. The fourth-order valence-electron chi connectivity index (χ4n) is 3.17. The summed E-state index contributed by atoms with van der Waals surface area (Å²) in [5.41, 5.74) is 0.803. The third-order valence-corrected chi connectivity index (χ3v) is 5.97. The molecule has 0 aliphatic carbocycles. The first-order valence-electron chi connectivity index (χ1n) is 9.27. The number of hydrogen-bond donors (Lipinski definition) is 3. The molecule has 10 heteroatoms. The highest BCUT2D eigenvalue weighted by Gasteiger charge is 2.34. The molecule has 4 rings (SSSR count). The zero-order chi connectivity index (χ0) is 22.0. The summed E-state index contributed by atoms with van der Waals surface area (Å²) in [4.78, 5) is 44.7. The lowest BCUT2D eigenvalue weighted by atomic mass is 9.92. The Morgan fingerprint density at radius 1 is 1.19 bits per heavy atom. The Labute approximate surface area is 185 Å². The van der Waals surface area contributed by atoms with Crippen LogP contribution in [0.4, 0.5) is 15.9 Å². The van der Waals surface area contributed by atoms with Crippen LogP contribution in [0, 0.1) is 5.82 Å². The molecule has 1 aliphatic rings. The van der Waals surface area contributed by atoms with E-state index in [1.54, 1.807) is 6.07 Å². The van der Waals surface area contributed by atoms with E-state index in [0.29, 0.717) is 21.6 Å². The Bertz CT molecular complexity index is 1220. The number of nitrogens with one attached hydrogen (secondary N) is 3. The van der Waals surface area contributed by atoms with Gasteiger partial charge in [0.05, 0.1) is 11.5 Å². The summed E-state index contributed by atoms with van der Waals surface area (Å²) in [7, 11) is 0.